The maximum atomic E-state index is 13.2. The average Bonchev–Trinajstić information content (AvgIpc) is 3.13. The van der Waals surface area contributed by atoms with E-state index in [4.69, 9.17) is 11.6 Å². The molecule has 0 atom stereocenters. The Kier molecular flexibility index (Phi) is 5.33. The maximum Gasteiger partial charge on any atom is 0.196 e. The maximum absolute atomic E-state index is 13.2. The van der Waals surface area contributed by atoms with Crippen LogP contribution in [0.15, 0.2) is 30.7 Å². The van der Waals surface area contributed by atoms with Crippen molar-refractivity contribution in [1.82, 2.24) is 15.0 Å². The number of halogens is 1. The number of carbonyl (C=O) groups excluding carboxylic acids is 1. The molecule has 6 nitrogen and oxygen atoms in total. The highest BCUT2D eigenvalue weighted by Gasteiger charge is 2.24. The van der Waals surface area contributed by atoms with E-state index in [1.165, 1.54) is 6.33 Å². The second kappa shape index (κ2) is 7.89. The molecule has 7 heteroatoms. The van der Waals surface area contributed by atoms with E-state index in [0.29, 0.717) is 38.9 Å². The van der Waals surface area contributed by atoms with Crippen molar-refractivity contribution in [3.8, 4) is 0 Å². The van der Waals surface area contributed by atoms with Crippen LogP contribution in [0, 0.1) is 12.8 Å². The topological polar surface area (TPSA) is 90.9 Å². The number of aromatic nitrogens is 3. The van der Waals surface area contributed by atoms with E-state index in [0.717, 1.165) is 31.2 Å². The Balaban J connectivity index is 1.66. The lowest BCUT2D eigenvalue weighted by molar-refractivity contribution is 0.104. The van der Waals surface area contributed by atoms with Gasteiger partial charge >= 0.3 is 0 Å². The minimum atomic E-state index is -0.155. The van der Waals surface area contributed by atoms with Gasteiger partial charge in [-0.25, -0.2) is 9.97 Å². The van der Waals surface area contributed by atoms with E-state index in [2.05, 4.69) is 20.3 Å². The van der Waals surface area contributed by atoms with Crippen LogP contribution in [0.25, 0.3) is 11.0 Å². The van der Waals surface area contributed by atoms with Gasteiger partial charge in [-0.3, -0.25) is 4.79 Å². The third-order valence-corrected chi connectivity index (χ3v) is 5.84. The highest BCUT2D eigenvalue weighted by atomic mass is 35.5. The molecule has 0 spiro atoms. The molecule has 2 aromatic heterocycles. The van der Waals surface area contributed by atoms with Crippen LogP contribution < -0.4 is 5.32 Å². The molecule has 0 saturated heterocycles. The van der Waals surface area contributed by atoms with Crippen molar-refractivity contribution >= 4 is 34.2 Å². The summed E-state index contributed by atoms with van der Waals surface area (Å²) in [5, 5.41) is 13.9. The van der Waals surface area contributed by atoms with Crippen LogP contribution in [0.1, 0.15) is 47.2 Å². The summed E-state index contributed by atoms with van der Waals surface area (Å²) in [6.45, 7) is 2.19. The summed E-state index contributed by atoms with van der Waals surface area (Å²) >= 11 is 6.32. The molecule has 1 aliphatic carbocycles. The number of nitrogens with one attached hydrogen (secondary N) is 2. The van der Waals surface area contributed by atoms with Crippen molar-refractivity contribution < 1.29 is 9.90 Å². The Labute approximate surface area is 168 Å². The molecule has 3 aromatic rings. The van der Waals surface area contributed by atoms with Crippen molar-refractivity contribution in [2.75, 3.05) is 11.9 Å². The van der Waals surface area contributed by atoms with E-state index < -0.39 is 0 Å². The molecule has 0 unspecified atom stereocenters. The largest absolute Gasteiger partial charge is 0.396 e. The second-order valence-corrected chi connectivity index (χ2v) is 7.91. The summed E-state index contributed by atoms with van der Waals surface area (Å²) in [5.41, 5.74) is 2.59. The Hall–Kier alpha value is -2.44. The molecular weight excluding hydrogens is 376 g/mol. The van der Waals surface area contributed by atoms with Gasteiger partial charge in [0, 0.05) is 24.4 Å². The number of carbonyl (C=O) groups is 1. The highest BCUT2D eigenvalue weighted by molar-refractivity contribution is 6.35. The summed E-state index contributed by atoms with van der Waals surface area (Å²) < 4.78 is 0. The van der Waals surface area contributed by atoms with Crippen LogP contribution in [0.4, 0.5) is 5.82 Å². The molecule has 0 aliphatic heterocycles. The fourth-order valence-electron chi connectivity index (χ4n) is 3.88. The van der Waals surface area contributed by atoms with Gasteiger partial charge in [-0.15, -0.1) is 0 Å². The monoisotopic (exact) mass is 398 g/mol. The molecule has 1 fully saturated rings. The van der Waals surface area contributed by atoms with Gasteiger partial charge in [0.2, 0.25) is 0 Å². The van der Waals surface area contributed by atoms with E-state index in [1.54, 1.807) is 18.3 Å². The number of aliphatic hydroxyl groups excluding tert-OH is 1. The van der Waals surface area contributed by atoms with Gasteiger partial charge in [-0.05, 0) is 56.2 Å². The van der Waals surface area contributed by atoms with Crippen molar-refractivity contribution in [3.05, 3.63) is 52.4 Å². The molecule has 0 radical (unpaired) electrons. The molecule has 0 amide bonds. The fraction of sp³-hybridized carbons (Fsp3) is 0.381. The van der Waals surface area contributed by atoms with Crippen LogP contribution in [0.3, 0.4) is 0 Å². The Morgan fingerprint density at radius 1 is 1.25 bits per heavy atom. The molecule has 28 heavy (non-hydrogen) atoms. The average molecular weight is 399 g/mol. The molecule has 1 saturated carbocycles. The first-order valence-corrected chi connectivity index (χ1v) is 9.95. The smallest absolute Gasteiger partial charge is 0.196 e. The van der Waals surface area contributed by atoms with Crippen molar-refractivity contribution in [2.24, 2.45) is 5.92 Å². The number of ketones is 1. The van der Waals surface area contributed by atoms with E-state index in [-0.39, 0.29) is 18.4 Å². The standard InChI is InChI=1S/C21H23ClN4O2/c1-12-2-7-15(17(22)8-12)19(28)16-9-23-20-18(16)21(25-11-24-20)26-14-5-3-13(10-27)4-6-14/h2,7-9,11,13-14,27H,3-6,10H2,1H3,(H2,23,24,25,26). The number of anilines is 1. The number of H-pyrrole nitrogens is 1. The Bertz CT molecular complexity index is 1010. The Morgan fingerprint density at radius 2 is 2.04 bits per heavy atom. The SMILES string of the molecule is Cc1ccc(C(=O)c2c[nH]c3ncnc(NC4CCC(CO)CC4)c23)c(Cl)c1. The van der Waals surface area contributed by atoms with Gasteiger partial charge in [0.15, 0.2) is 5.78 Å². The van der Waals surface area contributed by atoms with Gasteiger partial charge in [0.1, 0.15) is 17.8 Å². The predicted molar refractivity (Wildman–Crippen MR) is 110 cm³/mol. The fourth-order valence-corrected chi connectivity index (χ4v) is 4.20. The number of benzene rings is 1. The summed E-state index contributed by atoms with van der Waals surface area (Å²) in [7, 11) is 0. The molecule has 1 aromatic carbocycles. The van der Waals surface area contributed by atoms with Gasteiger partial charge in [0.25, 0.3) is 0 Å². The minimum absolute atomic E-state index is 0.155. The zero-order valence-corrected chi connectivity index (χ0v) is 16.5. The number of aryl methyl sites for hydroxylation is 1. The quantitative estimate of drug-likeness (QED) is 0.562. The summed E-state index contributed by atoms with van der Waals surface area (Å²) in [4.78, 5) is 24.9. The molecular formula is C21H23ClN4O2. The second-order valence-electron chi connectivity index (χ2n) is 7.51. The van der Waals surface area contributed by atoms with E-state index >= 15 is 0 Å². The zero-order valence-electron chi connectivity index (χ0n) is 15.7. The number of hydrogen-bond acceptors (Lipinski definition) is 5. The lowest BCUT2D eigenvalue weighted by atomic mass is 9.86. The Morgan fingerprint density at radius 3 is 2.75 bits per heavy atom. The number of fused-ring (bicyclic) bond motifs is 1. The van der Waals surface area contributed by atoms with Crippen LogP contribution in [0.5, 0.6) is 0 Å². The molecule has 146 valence electrons. The first-order valence-electron chi connectivity index (χ1n) is 9.57. The third kappa shape index (κ3) is 3.62. The summed E-state index contributed by atoms with van der Waals surface area (Å²) in [6.07, 6.45) is 7.07. The van der Waals surface area contributed by atoms with Crippen LogP contribution in [0.2, 0.25) is 5.02 Å². The number of aromatic amines is 1. The van der Waals surface area contributed by atoms with E-state index in [1.807, 2.05) is 13.0 Å². The highest BCUT2D eigenvalue weighted by Crippen LogP contribution is 2.31. The number of rotatable bonds is 5. The zero-order chi connectivity index (χ0) is 19.7. The first-order chi connectivity index (χ1) is 13.6. The van der Waals surface area contributed by atoms with Gasteiger partial charge < -0.3 is 15.4 Å². The summed E-state index contributed by atoms with van der Waals surface area (Å²) in [5.74, 6) is 0.889. The first kappa shape index (κ1) is 18.9. The molecule has 4 rings (SSSR count). The number of aliphatic hydroxyl groups is 1. The van der Waals surface area contributed by atoms with Crippen molar-refractivity contribution in [3.63, 3.8) is 0 Å². The predicted octanol–water partition coefficient (Wildman–Crippen LogP) is 4.11. The van der Waals surface area contributed by atoms with Crippen molar-refractivity contribution in [1.29, 1.82) is 0 Å². The van der Waals surface area contributed by atoms with Crippen molar-refractivity contribution in [2.45, 2.75) is 38.6 Å². The molecule has 3 N–H and O–H groups in total. The van der Waals surface area contributed by atoms with Crippen LogP contribution in [-0.4, -0.2) is 38.5 Å². The normalized spacial score (nSPS) is 19.7. The molecule has 2 heterocycles. The van der Waals surface area contributed by atoms with Gasteiger partial charge in [-0.1, -0.05) is 17.7 Å². The molecule has 0 bridgehead atoms. The van der Waals surface area contributed by atoms with Crippen LogP contribution in [-0.2, 0) is 0 Å². The minimum Gasteiger partial charge on any atom is -0.396 e. The summed E-state index contributed by atoms with van der Waals surface area (Å²) in [6, 6.07) is 5.69. The van der Waals surface area contributed by atoms with Crippen LogP contribution >= 0.6 is 11.6 Å². The van der Waals surface area contributed by atoms with Gasteiger partial charge in [-0.2, -0.15) is 0 Å². The van der Waals surface area contributed by atoms with E-state index in [9.17, 15) is 9.90 Å². The number of hydrogen-bond donors (Lipinski definition) is 3. The third-order valence-electron chi connectivity index (χ3n) is 5.53. The number of nitrogens with zero attached hydrogens (tertiary/aromatic N) is 2. The molecule has 1 aliphatic rings. The van der Waals surface area contributed by atoms with Gasteiger partial charge in [0.05, 0.1) is 16.0 Å². The lowest BCUT2D eigenvalue weighted by Crippen LogP contribution is -2.27. The lowest BCUT2D eigenvalue weighted by Gasteiger charge is -2.28.